The van der Waals surface area contributed by atoms with Gasteiger partial charge in [-0.2, -0.15) is 0 Å². The molecule has 3 aromatic rings. The third-order valence-corrected chi connectivity index (χ3v) is 4.30. The molecule has 0 bridgehead atoms. The van der Waals surface area contributed by atoms with Gasteiger partial charge in [0, 0.05) is 12.4 Å². The maximum absolute atomic E-state index is 12.5. The van der Waals surface area contributed by atoms with Gasteiger partial charge in [-0.05, 0) is 36.1 Å². The van der Waals surface area contributed by atoms with E-state index in [9.17, 15) is 9.59 Å². The van der Waals surface area contributed by atoms with Crippen molar-refractivity contribution in [3.05, 3.63) is 81.9 Å². The zero-order valence-corrected chi connectivity index (χ0v) is 12.4. The van der Waals surface area contributed by atoms with Crippen molar-refractivity contribution < 1.29 is 4.79 Å². The Labute approximate surface area is 132 Å². The Morgan fingerprint density at radius 2 is 2.00 bits per heavy atom. The minimum atomic E-state index is -0.373. The number of fused-ring (bicyclic) bond motifs is 2. The van der Waals surface area contributed by atoms with E-state index in [4.69, 9.17) is 0 Å². The molecule has 1 aromatic carbocycles. The molecule has 23 heavy (non-hydrogen) atoms. The van der Waals surface area contributed by atoms with E-state index in [2.05, 4.69) is 16.4 Å². The fourth-order valence-corrected chi connectivity index (χ4v) is 3.13. The second-order valence-electron chi connectivity index (χ2n) is 5.67. The average Bonchev–Trinajstić information content (AvgIpc) is 2.98. The van der Waals surface area contributed by atoms with E-state index < -0.39 is 0 Å². The molecule has 1 atom stereocenters. The van der Waals surface area contributed by atoms with Crippen LogP contribution in [0.2, 0.25) is 0 Å². The smallest absolute Gasteiger partial charge is 0.270 e. The summed E-state index contributed by atoms with van der Waals surface area (Å²) in [5.74, 6) is -0.373. The third kappa shape index (κ3) is 2.30. The molecule has 0 radical (unpaired) electrons. The van der Waals surface area contributed by atoms with Crippen LogP contribution in [0.4, 0.5) is 0 Å². The lowest BCUT2D eigenvalue weighted by Gasteiger charge is -2.14. The summed E-state index contributed by atoms with van der Waals surface area (Å²) in [7, 11) is 0. The normalized spacial score (nSPS) is 16.3. The quantitative estimate of drug-likeness (QED) is 0.788. The van der Waals surface area contributed by atoms with Gasteiger partial charge in [-0.15, -0.1) is 0 Å². The average molecular weight is 305 g/mol. The van der Waals surface area contributed by atoms with E-state index in [-0.39, 0.29) is 23.1 Å². The molecule has 0 saturated carbocycles. The first-order chi connectivity index (χ1) is 11.2. The van der Waals surface area contributed by atoms with Crippen LogP contribution in [-0.2, 0) is 6.42 Å². The number of amides is 1. The predicted octanol–water partition coefficient (Wildman–Crippen LogP) is 2.11. The molecule has 2 heterocycles. The van der Waals surface area contributed by atoms with Gasteiger partial charge in [0.05, 0.1) is 6.04 Å². The summed E-state index contributed by atoms with van der Waals surface area (Å²) in [4.78, 5) is 29.1. The number of hydrogen-bond acceptors (Lipinski definition) is 3. The minimum Gasteiger partial charge on any atom is -0.345 e. The first kappa shape index (κ1) is 13.7. The fourth-order valence-electron chi connectivity index (χ4n) is 3.13. The second kappa shape index (κ2) is 5.35. The highest BCUT2D eigenvalue weighted by Gasteiger charge is 2.25. The first-order valence-corrected chi connectivity index (χ1v) is 7.59. The maximum atomic E-state index is 12.5. The maximum Gasteiger partial charge on any atom is 0.270 e. The summed E-state index contributed by atoms with van der Waals surface area (Å²) < 4.78 is 1.39. The minimum absolute atomic E-state index is 0.0467. The monoisotopic (exact) mass is 305 g/mol. The zero-order chi connectivity index (χ0) is 15.8. The topological polar surface area (TPSA) is 63.5 Å². The van der Waals surface area contributed by atoms with Gasteiger partial charge >= 0.3 is 0 Å². The van der Waals surface area contributed by atoms with Crippen molar-refractivity contribution in [2.75, 3.05) is 0 Å². The van der Waals surface area contributed by atoms with Gasteiger partial charge in [0.15, 0.2) is 0 Å². The standard InChI is InChI=1S/C18H15N3O2/c22-17(20-15-9-8-12-5-1-2-6-13(12)15)14-11-19-16-7-3-4-10-21(16)18(14)23/h1-7,10-11,15H,8-9H2,(H,20,22). The number of nitrogens with zero attached hydrogens (tertiary/aromatic N) is 2. The molecule has 114 valence electrons. The summed E-state index contributed by atoms with van der Waals surface area (Å²) in [5, 5.41) is 2.96. The Bertz CT molecular complexity index is 962. The van der Waals surface area contributed by atoms with E-state index in [1.807, 2.05) is 18.2 Å². The number of nitrogens with one attached hydrogen (secondary N) is 1. The number of carbonyl (C=O) groups excluding carboxylic acids is 1. The van der Waals surface area contributed by atoms with Crippen LogP contribution in [-0.4, -0.2) is 15.3 Å². The largest absolute Gasteiger partial charge is 0.345 e. The molecule has 4 rings (SSSR count). The molecule has 0 saturated heterocycles. The lowest BCUT2D eigenvalue weighted by atomic mass is 10.1. The number of rotatable bonds is 2. The van der Waals surface area contributed by atoms with E-state index >= 15 is 0 Å². The number of aromatic nitrogens is 2. The van der Waals surface area contributed by atoms with Crippen molar-refractivity contribution in [3.8, 4) is 0 Å². The first-order valence-electron chi connectivity index (χ1n) is 7.59. The Balaban J connectivity index is 1.66. The molecular formula is C18H15N3O2. The summed E-state index contributed by atoms with van der Waals surface area (Å²) in [6.45, 7) is 0. The highest BCUT2D eigenvalue weighted by molar-refractivity contribution is 5.94. The molecule has 1 unspecified atom stereocenters. The Morgan fingerprint density at radius 1 is 1.17 bits per heavy atom. The molecule has 0 aliphatic heterocycles. The van der Waals surface area contributed by atoms with Crippen LogP contribution < -0.4 is 10.9 Å². The number of carbonyl (C=O) groups is 1. The van der Waals surface area contributed by atoms with Crippen molar-refractivity contribution in [2.24, 2.45) is 0 Å². The third-order valence-electron chi connectivity index (χ3n) is 4.30. The van der Waals surface area contributed by atoms with Gasteiger partial charge in [0.25, 0.3) is 11.5 Å². The van der Waals surface area contributed by atoms with Gasteiger partial charge in [0.2, 0.25) is 0 Å². The van der Waals surface area contributed by atoms with Crippen LogP contribution in [0.1, 0.15) is 33.9 Å². The van der Waals surface area contributed by atoms with E-state index in [1.54, 1.807) is 24.4 Å². The zero-order valence-electron chi connectivity index (χ0n) is 12.4. The molecule has 1 aliphatic carbocycles. The van der Waals surface area contributed by atoms with Crippen LogP contribution in [0.3, 0.4) is 0 Å². The molecule has 1 N–H and O–H groups in total. The Hall–Kier alpha value is -2.95. The van der Waals surface area contributed by atoms with Gasteiger partial charge in [-0.3, -0.25) is 14.0 Å². The summed E-state index contributed by atoms with van der Waals surface area (Å²) in [6.07, 6.45) is 4.77. The van der Waals surface area contributed by atoms with Gasteiger partial charge in [0.1, 0.15) is 11.2 Å². The SMILES string of the molecule is O=C(NC1CCc2ccccc21)c1cnc2ccccn2c1=O. The van der Waals surface area contributed by atoms with Crippen molar-refractivity contribution in [2.45, 2.75) is 18.9 Å². The molecule has 1 amide bonds. The van der Waals surface area contributed by atoms with E-state index in [1.165, 1.54) is 16.2 Å². The van der Waals surface area contributed by atoms with Crippen LogP contribution in [0, 0.1) is 0 Å². The lowest BCUT2D eigenvalue weighted by molar-refractivity contribution is 0.0934. The molecule has 5 nitrogen and oxygen atoms in total. The molecule has 5 heteroatoms. The number of aryl methyl sites for hydroxylation is 1. The van der Waals surface area contributed by atoms with Crippen LogP contribution in [0.5, 0.6) is 0 Å². The van der Waals surface area contributed by atoms with E-state index in [0.29, 0.717) is 5.65 Å². The van der Waals surface area contributed by atoms with Crippen LogP contribution in [0.15, 0.2) is 59.7 Å². The molecule has 2 aromatic heterocycles. The second-order valence-corrected chi connectivity index (χ2v) is 5.67. The summed E-state index contributed by atoms with van der Waals surface area (Å²) in [6, 6.07) is 13.3. The van der Waals surface area contributed by atoms with Gasteiger partial charge in [-0.1, -0.05) is 30.3 Å². The van der Waals surface area contributed by atoms with Crippen molar-refractivity contribution in [3.63, 3.8) is 0 Å². The lowest BCUT2D eigenvalue weighted by Crippen LogP contribution is -2.33. The number of hydrogen-bond donors (Lipinski definition) is 1. The Morgan fingerprint density at radius 3 is 2.91 bits per heavy atom. The van der Waals surface area contributed by atoms with Crippen molar-refractivity contribution in [1.82, 2.24) is 14.7 Å². The van der Waals surface area contributed by atoms with E-state index in [0.717, 1.165) is 18.4 Å². The molecule has 0 fully saturated rings. The van der Waals surface area contributed by atoms with Crippen molar-refractivity contribution in [1.29, 1.82) is 0 Å². The Kier molecular flexibility index (Phi) is 3.19. The van der Waals surface area contributed by atoms with Crippen molar-refractivity contribution >= 4 is 11.6 Å². The number of pyridine rings is 1. The molecular weight excluding hydrogens is 290 g/mol. The highest BCUT2D eigenvalue weighted by atomic mass is 16.2. The van der Waals surface area contributed by atoms with Crippen LogP contribution >= 0.6 is 0 Å². The van der Waals surface area contributed by atoms with Gasteiger partial charge < -0.3 is 5.32 Å². The fraction of sp³-hybridized carbons (Fsp3) is 0.167. The van der Waals surface area contributed by atoms with Gasteiger partial charge in [-0.25, -0.2) is 4.98 Å². The molecule has 1 aliphatic rings. The highest BCUT2D eigenvalue weighted by Crippen LogP contribution is 2.30. The predicted molar refractivity (Wildman–Crippen MR) is 86.4 cm³/mol. The van der Waals surface area contributed by atoms with Crippen LogP contribution in [0.25, 0.3) is 5.65 Å². The number of benzene rings is 1. The summed E-state index contributed by atoms with van der Waals surface area (Å²) >= 11 is 0. The summed E-state index contributed by atoms with van der Waals surface area (Å²) in [5.41, 5.74) is 2.64. The molecule has 0 spiro atoms.